The molecule has 1 aromatic carbocycles. The van der Waals surface area contributed by atoms with Gasteiger partial charge in [-0.15, -0.1) is 6.58 Å². The lowest BCUT2D eigenvalue weighted by atomic mass is 9.92. The van der Waals surface area contributed by atoms with Crippen molar-refractivity contribution in [3.05, 3.63) is 54.1 Å². The van der Waals surface area contributed by atoms with E-state index in [0.29, 0.717) is 17.0 Å². The van der Waals surface area contributed by atoms with Gasteiger partial charge in [0, 0.05) is 0 Å². The first kappa shape index (κ1) is 18.6. The Morgan fingerprint density at radius 2 is 1.84 bits per heavy atom. The van der Waals surface area contributed by atoms with Gasteiger partial charge in [-0.1, -0.05) is 64.1 Å². The van der Waals surface area contributed by atoms with E-state index in [9.17, 15) is 5.11 Å². The van der Waals surface area contributed by atoms with Gasteiger partial charge in [-0.3, -0.25) is 0 Å². The van der Waals surface area contributed by atoms with Gasteiger partial charge in [0.15, 0.2) is 8.32 Å². The molecule has 1 heterocycles. The number of benzene rings is 1. The van der Waals surface area contributed by atoms with Crippen LogP contribution < -0.4 is 0 Å². The average molecular weight is 357 g/mol. The third kappa shape index (κ3) is 3.18. The summed E-state index contributed by atoms with van der Waals surface area (Å²) in [5.74, 6) is 0.459. The fourth-order valence-corrected chi connectivity index (χ4v) is 9.86. The minimum absolute atomic E-state index is 0.0834. The first-order valence-corrected chi connectivity index (χ1v) is 11.9. The van der Waals surface area contributed by atoms with Gasteiger partial charge < -0.3 is 9.53 Å². The number of aliphatic hydroxyl groups excluding tert-OH is 1. The summed E-state index contributed by atoms with van der Waals surface area (Å²) >= 11 is 0. The second kappa shape index (κ2) is 7.22. The zero-order valence-electron chi connectivity index (χ0n) is 16.0. The van der Waals surface area contributed by atoms with Gasteiger partial charge in [-0.05, 0) is 52.6 Å². The van der Waals surface area contributed by atoms with Crippen LogP contribution in [0.1, 0.15) is 46.1 Å². The molecule has 25 heavy (non-hydrogen) atoms. The minimum Gasteiger partial charge on any atom is -0.409 e. The van der Waals surface area contributed by atoms with Gasteiger partial charge in [0.2, 0.25) is 0 Å². The van der Waals surface area contributed by atoms with Crippen LogP contribution in [0.25, 0.3) is 5.57 Å². The van der Waals surface area contributed by atoms with Crippen molar-refractivity contribution in [1.29, 1.82) is 0 Å². The van der Waals surface area contributed by atoms with Crippen LogP contribution in [-0.4, -0.2) is 25.6 Å². The first-order chi connectivity index (χ1) is 11.9. The summed E-state index contributed by atoms with van der Waals surface area (Å²) in [5, 5.41) is 10.9. The molecule has 3 rings (SSSR count). The van der Waals surface area contributed by atoms with Crippen molar-refractivity contribution in [2.75, 3.05) is 0 Å². The second-order valence-electron chi connectivity index (χ2n) is 8.28. The molecule has 2 aliphatic rings. The van der Waals surface area contributed by atoms with Gasteiger partial charge in [-0.25, -0.2) is 0 Å². The fourth-order valence-electron chi connectivity index (χ4n) is 5.03. The molecular weight excluding hydrogens is 324 g/mol. The van der Waals surface area contributed by atoms with Crippen molar-refractivity contribution in [3.8, 4) is 0 Å². The van der Waals surface area contributed by atoms with E-state index in [2.05, 4.69) is 58.5 Å². The third-order valence-corrected chi connectivity index (χ3v) is 12.0. The Labute approximate surface area is 153 Å². The van der Waals surface area contributed by atoms with Crippen molar-refractivity contribution >= 4 is 13.9 Å². The summed E-state index contributed by atoms with van der Waals surface area (Å²) in [6.45, 7) is 13.3. The molecule has 1 saturated heterocycles. The molecule has 1 aromatic rings. The Morgan fingerprint density at radius 3 is 2.40 bits per heavy atom. The topological polar surface area (TPSA) is 29.5 Å². The van der Waals surface area contributed by atoms with Crippen LogP contribution in [0.15, 0.2) is 48.6 Å². The second-order valence-corrected chi connectivity index (χ2v) is 13.1. The van der Waals surface area contributed by atoms with E-state index in [-0.39, 0.29) is 12.2 Å². The van der Waals surface area contributed by atoms with E-state index in [1.807, 2.05) is 12.1 Å². The van der Waals surface area contributed by atoms with Gasteiger partial charge in [-0.2, -0.15) is 0 Å². The van der Waals surface area contributed by atoms with E-state index in [4.69, 9.17) is 4.43 Å². The molecule has 3 heteroatoms. The Bertz CT molecular complexity index is 639. The zero-order chi connectivity index (χ0) is 18.2. The summed E-state index contributed by atoms with van der Waals surface area (Å²) in [5.41, 5.74) is 4.78. The van der Waals surface area contributed by atoms with Gasteiger partial charge in [0.05, 0.1) is 12.2 Å². The van der Waals surface area contributed by atoms with Gasteiger partial charge in [0.25, 0.3) is 0 Å². The SMILES string of the molecule is C=CC[C@@H]1O[Si](C(C)C)(C(C)C)C[C@@H]2C[C@@H](O)C(c3ccccc3)=C21. The van der Waals surface area contributed by atoms with E-state index >= 15 is 0 Å². The van der Waals surface area contributed by atoms with E-state index in [1.54, 1.807) is 0 Å². The zero-order valence-corrected chi connectivity index (χ0v) is 17.0. The molecule has 136 valence electrons. The molecule has 0 radical (unpaired) electrons. The molecule has 0 aromatic heterocycles. The van der Waals surface area contributed by atoms with E-state index in [0.717, 1.165) is 30.0 Å². The summed E-state index contributed by atoms with van der Waals surface area (Å²) in [6.07, 6.45) is 3.38. The number of hydrogen-bond acceptors (Lipinski definition) is 2. The van der Waals surface area contributed by atoms with E-state index in [1.165, 1.54) is 5.57 Å². The maximum absolute atomic E-state index is 10.9. The number of aliphatic hydroxyl groups is 1. The lowest BCUT2D eigenvalue weighted by molar-refractivity contribution is 0.171. The van der Waals surface area contributed by atoms with Crippen molar-refractivity contribution in [3.63, 3.8) is 0 Å². The number of hydrogen-bond donors (Lipinski definition) is 1. The summed E-state index contributed by atoms with van der Waals surface area (Å²) < 4.78 is 6.95. The molecule has 1 aliphatic heterocycles. The van der Waals surface area contributed by atoms with Crippen LogP contribution in [0.5, 0.6) is 0 Å². The van der Waals surface area contributed by atoms with Crippen molar-refractivity contribution in [2.24, 2.45) is 5.92 Å². The van der Waals surface area contributed by atoms with Crippen molar-refractivity contribution < 1.29 is 9.53 Å². The lowest BCUT2D eigenvalue weighted by Crippen LogP contribution is -2.53. The monoisotopic (exact) mass is 356 g/mol. The molecule has 0 saturated carbocycles. The summed E-state index contributed by atoms with van der Waals surface area (Å²) in [6, 6.07) is 11.5. The van der Waals surface area contributed by atoms with E-state index < -0.39 is 8.32 Å². The van der Waals surface area contributed by atoms with Crippen molar-refractivity contribution in [1.82, 2.24) is 0 Å². The predicted octanol–water partition coefficient (Wildman–Crippen LogP) is 5.56. The van der Waals surface area contributed by atoms with Crippen LogP contribution in [0, 0.1) is 5.92 Å². The Balaban J connectivity index is 2.09. The summed E-state index contributed by atoms with van der Waals surface area (Å²) in [7, 11) is -1.88. The predicted molar refractivity (Wildman–Crippen MR) is 108 cm³/mol. The third-order valence-electron chi connectivity index (χ3n) is 6.29. The molecule has 2 nitrogen and oxygen atoms in total. The first-order valence-electron chi connectivity index (χ1n) is 9.66. The smallest absolute Gasteiger partial charge is 0.199 e. The van der Waals surface area contributed by atoms with Crippen LogP contribution in [-0.2, 0) is 4.43 Å². The molecule has 3 atom stereocenters. The quantitative estimate of drug-likeness (QED) is 0.553. The van der Waals surface area contributed by atoms with Crippen LogP contribution >= 0.6 is 0 Å². The Kier molecular flexibility index (Phi) is 5.38. The molecule has 1 N–H and O–H groups in total. The number of fused-ring (bicyclic) bond motifs is 1. The standard InChI is InChI=1S/C22H32O2Si/c1-6-10-20-22-18(14-25(24-20,15(2)3)16(4)5)13-19(23)21(22)17-11-8-7-9-12-17/h6-9,11-12,15-16,18-20,23H,1,10,13-14H2,2-5H3/t18-,19+,20-/m0/s1. The van der Waals surface area contributed by atoms with Crippen LogP contribution in [0.2, 0.25) is 17.1 Å². The minimum atomic E-state index is -1.88. The Morgan fingerprint density at radius 1 is 1.20 bits per heavy atom. The Hall–Kier alpha value is -1.16. The van der Waals surface area contributed by atoms with Crippen LogP contribution in [0.4, 0.5) is 0 Å². The maximum Gasteiger partial charge on any atom is 0.199 e. The highest BCUT2D eigenvalue weighted by atomic mass is 28.4. The average Bonchev–Trinajstić information content (AvgIpc) is 2.91. The van der Waals surface area contributed by atoms with Crippen molar-refractivity contribution in [2.45, 2.75) is 69.9 Å². The number of rotatable bonds is 5. The van der Waals surface area contributed by atoms with Gasteiger partial charge >= 0.3 is 0 Å². The largest absolute Gasteiger partial charge is 0.409 e. The molecule has 0 bridgehead atoms. The van der Waals surface area contributed by atoms with Gasteiger partial charge in [0.1, 0.15) is 0 Å². The lowest BCUT2D eigenvalue weighted by Gasteiger charge is -2.48. The molecule has 0 spiro atoms. The molecule has 1 aliphatic carbocycles. The van der Waals surface area contributed by atoms with Crippen LogP contribution in [0.3, 0.4) is 0 Å². The molecule has 0 amide bonds. The fraction of sp³-hybridized carbons (Fsp3) is 0.545. The highest BCUT2D eigenvalue weighted by molar-refractivity contribution is 6.76. The summed E-state index contributed by atoms with van der Waals surface area (Å²) in [4.78, 5) is 0. The molecule has 1 fully saturated rings. The highest BCUT2D eigenvalue weighted by Gasteiger charge is 2.53. The molecular formula is C22H32O2Si. The highest BCUT2D eigenvalue weighted by Crippen LogP contribution is 2.54. The normalized spacial score (nSPS) is 28.5. The molecule has 0 unspecified atom stereocenters. The maximum atomic E-state index is 10.9.